The van der Waals surface area contributed by atoms with Gasteiger partial charge in [-0.2, -0.15) is 0 Å². The maximum atomic E-state index is 12.2. The van der Waals surface area contributed by atoms with Crippen molar-refractivity contribution in [2.45, 2.75) is 19.0 Å². The molecule has 27 heavy (non-hydrogen) atoms. The van der Waals surface area contributed by atoms with E-state index in [1.165, 1.54) is 11.8 Å². The second-order valence-electron chi connectivity index (χ2n) is 5.97. The number of thioether (sulfide) groups is 1. The van der Waals surface area contributed by atoms with E-state index < -0.39 is 0 Å². The highest BCUT2D eigenvalue weighted by atomic mass is 32.2. The molecule has 0 atom stereocenters. The fraction of sp³-hybridized carbons (Fsp3) is 0.250. The summed E-state index contributed by atoms with van der Waals surface area (Å²) in [6.07, 6.45) is 0. The number of hydrogen-bond acceptors (Lipinski definition) is 5. The lowest BCUT2D eigenvalue weighted by molar-refractivity contribution is -0.113. The first-order chi connectivity index (χ1) is 13.1. The first-order valence-corrected chi connectivity index (χ1v) is 9.68. The van der Waals surface area contributed by atoms with Gasteiger partial charge >= 0.3 is 0 Å². The number of hydrogen-bond donors (Lipinski definition) is 1. The fourth-order valence-corrected chi connectivity index (χ4v) is 3.34. The third-order valence-corrected chi connectivity index (χ3v) is 5.02. The van der Waals surface area contributed by atoms with Gasteiger partial charge in [-0.05, 0) is 43.7 Å². The van der Waals surface area contributed by atoms with E-state index in [4.69, 9.17) is 4.74 Å². The molecule has 0 unspecified atom stereocenters. The van der Waals surface area contributed by atoms with E-state index >= 15 is 0 Å². The van der Waals surface area contributed by atoms with E-state index in [0.717, 1.165) is 28.4 Å². The van der Waals surface area contributed by atoms with Gasteiger partial charge in [0, 0.05) is 18.3 Å². The third kappa shape index (κ3) is 4.68. The maximum Gasteiger partial charge on any atom is 0.234 e. The van der Waals surface area contributed by atoms with Crippen molar-refractivity contribution in [3.63, 3.8) is 0 Å². The van der Waals surface area contributed by atoms with Gasteiger partial charge in [0.25, 0.3) is 0 Å². The van der Waals surface area contributed by atoms with Gasteiger partial charge < -0.3 is 14.6 Å². The number of benzene rings is 2. The largest absolute Gasteiger partial charge is 0.494 e. The highest BCUT2D eigenvalue weighted by Gasteiger charge is 2.14. The molecular weight excluding hydrogens is 360 g/mol. The van der Waals surface area contributed by atoms with Crippen LogP contribution in [0.5, 0.6) is 5.75 Å². The number of carbonyl (C=O) groups is 1. The van der Waals surface area contributed by atoms with E-state index in [-0.39, 0.29) is 11.7 Å². The Labute approximate surface area is 163 Å². The van der Waals surface area contributed by atoms with Crippen molar-refractivity contribution in [2.24, 2.45) is 7.05 Å². The van der Waals surface area contributed by atoms with Crippen LogP contribution in [-0.2, 0) is 11.8 Å². The predicted molar refractivity (Wildman–Crippen MR) is 108 cm³/mol. The molecule has 2 aromatic carbocycles. The van der Waals surface area contributed by atoms with Crippen LogP contribution in [0.25, 0.3) is 11.4 Å². The number of amides is 1. The summed E-state index contributed by atoms with van der Waals surface area (Å²) in [5.41, 5.74) is 2.92. The Bertz CT molecular complexity index is 922. The summed E-state index contributed by atoms with van der Waals surface area (Å²) >= 11 is 1.36. The highest BCUT2D eigenvalue weighted by Crippen LogP contribution is 2.25. The molecule has 0 radical (unpaired) electrons. The van der Waals surface area contributed by atoms with Crippen molar-refractivity contribution < 1.29 is 9.53 Å². The van der Waals surface area contributed by atoms with Crippen molar-refractivity contribution in [1.82, 2.24) is 14.8 Å². The molecule has 7 heteroatoms. The van der Waals surface area contributed by atoms with E-state index in [2.05, 4.69) is 15.5 Å². The van der Waals surface area contributed by atoms with Crippen molar-refractivity contribution in [3.8, 4) is 17.1 Å². The number of nitrogens with one attached hydrogen (secondary N) is 1. The number of rotatable bonds is 7. The lowest BCUT2D eigenvalue weighted by Crippen LogP contribution is -2.14. The predicted octanol–water partition coefficient (Wildman–Crippen LogP) is 3.92. The van der Waals surface area contributed by atoms with Crippen LogP contribution in [0, 0.1) is 6.92 Å². The molecule has 3 aromatic rings. The molecular formula is C20H22N4O2S. The van der Waals surface area contributed by atoms with Crippen molar-refractivity contribution in [1.29, 1.82) is 0 Å². The summed E-state index contributed by atoms with van der Waals surface area (Å²) in [5.74, 6) is 1.74. The first kappa shape index (κ1) is 19.0. The summed E-state index contributed by atoms with van der Waals surface area (Å²) < 4.78 is 7.31. The van der Waals surface area contributed by atoms with Crippen LogP contribution < -0.4 is 10.1 Å². The molecule has 1 N–H and O–H groups in total. The minimum absolute atomic E-state index is 0.0930. The van der Waals surface area contributed by atoms with Gasteiger partial charge in [0.15, 0.2) is 11.0 Å². The zero-order valence-corrected chi connectivity index (χ0v) is 16.4. The van der Waals surface area contributed by atoms with Crippen LogP contribution in [0.2, 0.25) is 0 Å². The Balaban J connectivity index is 1.60. The zero-order chi connectivity index (χ0) is 19.2. The average Bonchev–Trinajstić information content (AvgIpc) is 3.03. The Morgan fingerprint density at radius 1 is 1.15 bits per heavy atom. The van der Waals surface area contributed by atoms with Crippen molar-refractivity contribution in [2.75, 3.05) is 17.7 Å². The van der Waals surface area contributed by atoms with Gasteiger partial charge in [-0.1, -0.05) is 36.0 Å². The smallest absolute Gasteiger partial charge is 0.234 e. The van der Waals surface area contributed by atoms with Crippen LogP contribution >= 0.6 is 11.8 Å². The van der Waals surface area contributed by atoms with Crippen LogP contribution in [0.1, 0.15) is 12.5 Å². The molecule has 3 rings (SSSR count). The minimum atomic E-state index is -0.0930. The lowest BCUT2D eigenvalue weighted by atomic mass is 10.1. The Kier molecular flexibility index (Phi) is 6.13. The van der Waals surface area contributed by atoms with Crippen molar-refractivity contribution in [3.05, 3.63) is 54.1 Å². The Hall–Kier alpha value is -2.80. The number of anilines is 1. The number of carbonyl (C=O) groups excluding carboxylic acids is 1. The van der Waals surface area contributed by atoms with Gasteiger partial charge in [-0.15, -0.1) is 10.2 Å². The summed E-state index contributed by atoms with van der Waals surface area (Å²) in [4.78, 5) is 12.2. The molecule has 1 aromatic heterocycles. The lowest BCUT2D eigenvalue weighted by Gasteiger charge is -2.08. The monoisotopic (exact) mass is 382 g/mol. The van der Waals surface area contributed by atoms with Gasteiger partial charge in [0.1, 0.15) is 5.75 Å². The Morgan fingerprint density at radius 3 is 2.59 bits per heavy atom. The third-order valence-electron chi connectivity index (χ3n) is 4.00. The standard InChI is InChI=1S/C20H22N4O2S/c1-4-26-16-11-9-15(10-12-16)21-18(25)13-27-20-23-22-19(24(20)3)17-8-6-5-7-14(17)2/h5-12H,4,13H2,1-3H3,(H,21,25). The van der Waals surface area contributed by atoms with E-state index in [1.807, 2.05) is 74.0 Å². The van der Waals surface area contributed by atoms with E-state index in [9.17, 15) is 4.79 Å². The second kappa shape index (κ2) is 8.73. The molecule has 0 bridgehead atoms. The van der Waals surface area contributed by atoms with Crippen LogP contribution in [0.3, 0.4) is 0 Å². The summed E-state index contributed by atoms with van der Waals surface area (Å²) in [6, 6.07) is 15.4. The van der Waals surface area contributed by atoms with Crippen LogP contribution in [-0.4, -0.2) is 33.0 Å². The molecule has 6 nitrogen and oxygen atoms in total. The number of aromatic nitrogens is 3. The number of ether oxygens (including phenoxy) is 1. The van der Waals surface area contributed by atoms with E-state index in [0.29, 0.717) is 11.8 Å². The second-order valence-corrected chi connectivity index (χ2v) is 6.92. The van der Waals surface area contributed by atoms with Gasteiger partial charge in [-0.3, -0.25) is 4.79 Å². The highest BCUT2D eigenvalue weighted by molar-refractivity contribution is 7.99. The van der Waals surface area contributed by atoms with Crippen LogP contribution in [0.4, 0.5) is 5.69 Å². The molecule has 0 spiro atoms. The normalized spacial score (nSPS) is 10.6. The SMILES string of the molecule is CCOc1ccc(NC(=O)CSc2nnc(-c3ccccc3C)n2C)cc1. The molecule has 0 fully saturated rings. The summed E-state index contributed by atoms with van der Waals surface area (Å²) in [6.45, 7) is 4.59. The quantitative estimate of drug-likeness (QED) is 0.627. The van der Waals surface area contributed by atoms with E-state index in [1.54, 1.807) is 0 Å². The molecule has 1 heterocycles. The minimum Gasteiger partial charge on any atom is -0.494 e. The Morgan fingerprint density at radius 2 is 1.89 bits per heavy atom. The molecule has 0 saturated heterocycles. The molecule has 0 aliphatic carbocycles. The first-order valence-electron chi connectivity index (χ1n) is 8.69. The maximum absolute atomic E-state index is 12.2. The molecule has 0 aliphatic heterocycles. The van der Waals surface area contributed by atoms with Crippen LogP contribution in [0.15, 0.2) is 53.7 Å². The molecule has 0 aliphatic rings. The number of nitrogens with zero attached hydrogens (tertiary/aromatic N) is 3. The summed E-state index contributed by atoms with van der Waals surface area (Å²) in [5, 5.41) is 12.1. The zero-order valence-electron chi connectivity index (χ0n) is 15.6. The molecule has 140 valence electrons. The van der Waals surface area contributed by atoms with Crippen molar-refractivity contribution >= 4 is 23.4 Å². The average molecular weight is 382 g/mol. The summed E-state index contributed by atoms with van der Waals surface area (Å²) in [7, 11) is 1.91. The molecule has 0 saturated carbocycles. The van der Waals surface area contributed by atoms with Gasteiger partial charge in [0.2, 0.25) is 5.91 Å². The van der Waals surface area contributed by atoms with Gasteiger partial charge in [-0.25, -0.2) is 0 Å². The topological polar surface area (TPSA) is 69.0 Å². The molecule has 1 amide bonds. The fourth-order valence-electron chi connectivity index (χ4n) is 2.63. The van der Waals surface area contributed by atoms with Gasteiger partial charge in [0.05, 0.1) is 12.4 Å². The number of aryl methyl sites for hydroxylation is 1.